The molecule has 0 atom stereocenters. The van der Waals surface area contributed by atoms with Crippen LogP contribution in [-0.4, -0.2) is 15.9 Å². The molecule has 0 aliphatic heterocycles. The number of amides is 1. The van der Waals surface area contributed by atoms with E-state index in [-0.39, 0.29) is 5.91 Å². The fourth-order valence-corrected chi connectivity index (χ4v) is 2.53. The Hall–Kier alpha value is -2.27. The summed E-state index contributed by atoms with van der Waals surface area (Å²) in [4.78, 5) is 21.7. The number of aromatic nitrogens is 2. The first-order valence-electron chi connectivity index (χ1n) is 5.81. The monoisotopic (exact) mass is 269 g/mol. The van der Waals surface area contributed by atoms with Crippen LogP contribution in [0.5, 0.6) is 0 Å². The average Bonchev–Trinajstić information content (AvgIpc) is 2.83. The maximum absolute atomic E-state index is 12.3. The molecule has 0 unspecified atom stereocenters. The molecular formula is C14H11N3OS. The number of rotatable bonds is 2. The summed E-state index contributed by atoms with van der Waals surface area (Å²) in [6, 6.07) is 9.30. The van der Waals surface area contributed by atoms with E-state index in [9.17, 15) is 4.79 Å². The highest BCUT2D eigenvalue weighted by Crippen LogP contribution is 2.20. The lowest BCUT2D eigenvalue weighted by molar-refractivity contribution is 0.102. The third-order valence-corrected chi connectivity index (χ3v) is 3.56. The van der Waals surface area contributed by atoms with Crippen LogP contribution >= 0.6 is 11.3 Å². The molecule has 0 saturated heterocycles. The Balaban J connectivity index is 1.97. The number of pyridine rings is 1. The fraction of sp³-hybridized carbons (Fsp3) is 0.0714. The smallest absolute Gasteiger partial charge is 0.258 e. The van der Waals surface area contributed by atoms with Crippen LogP contribution in [0.1, 0.15) is 15.2 Å². The molecule has 5 heteroatoms. The second-order valence-electron chi connectivity index (χ2n) is 4.11. The molecule has 0 saturated carbocycles. The SMILES string of the molecule is Cc1cnc(NC(=O)c2ccnc3ccccc23)s1. The van der Waals surface area contributed by atoms with Crippen molar-refractivity contribution in [3.05, 3.63) is 53.2 Å². The van der Waals surface area contributed by atoms with Crippen LogP contribution in [0.3, 0.4) is 0 Å². The highest BCUT2D eigenvalue weighted by atomic mass is 32.1. The topological polar surface area (TPSA) is 54.9 Å². The molecule has 1 aromatic carbocycles. The van der Waals surface area contributed by atoms with E-state index in [0.29, 0.717) is 10.7 Å². The van der Waals surface area contributed by atoms with Gasteiger partial charge in [0.1, 0.15) is 0 Å². The maximum atomic E-state index is 12.3. The van der Waals surface area contributed by atoms with Crippen molar-refractivity contribution in [3.8, 4) is 0 Å². The van der Waals surface area contributed by atoms with E-state index in [4.69, 9.17) is 0 Å². The van der Waals surface area contributed by atoms with Crippen molar-refractivity contribution in [2.45, 2.75) is 6.92 Å². The van der Waals surface area contributed by atoms with Crippen molar-refractivity contribution in [2.24, 2.45) is 0 Å². The van der Waals surface area contributed by atoms with E-state index in [1.807, 2.05) is 31.2 Å². The van der Waals surface area contributed by atoms with Crippen LogP contribution in [0.25, 0.3) is 10.9 Å². The molecule has 2 aromatic heterocycles. The largest absolute Gasteiger partial charge is 0.298 e. The van der Waals surface area contributed by atoms with Crippen LogP contribution in [-0.2, 0) is 0 Å². The maximum Gasteiger partial charge on any atom is 0.258 e. The third kappa shape index (κ3) is 2.32. The van der Waals surface area contributed by atoms with Gasteiger partial charge in [0.15, 0.2) is 5.13 Å². The highest BCUT2D eigenvalue weighted by molar-refractivity contribution is 7.15. The van der Waals surface area contributed by atoms with Gasteiger partial charge in [-0.3, -0.25) is 15.1 Å². The number of nitrogens with zero attached hydrogens (tertiary/aromatic N) is 2. The molecule has 0 fully saturated rings. The molecule has 3 rings (SSSR count). The zero-order chi connectivity index (χ0) is 13.2. The van der Waals surface area contributed by atoms with Crippen molar-refractivity contribution in [1.82, 2.24) is 9.97 Å². The number of fused-ring (bicyclic) bond motifs is 1. The third-order valence-electron chi connectivity index (χ3n) is 2.74. The summed E-state index contributed by atoms with van der Waals surface area (Å²) in [6.45, 7) is 1.95. The van der Waals surface area contributed by atoms with E-state index in [2.05, 4.69) is 15.3 Å². The van der Waals surface area contributed by atoms with Gasteiger partial charge in [-0.2, -0.15) is 0 Å². The molecule has 1 N–H and O–H groups in total. The zero-order valence-electron chi connectivity index (χ0n) is 10.3. The number of nitrogens with one attached hydrogen (secondary N) is 1. The zero-order valence-corrected chi connectivity index (χ0v) is 11.1. The second kappa shape index (κ2) is 4.78. The summed E-state index contributed by atoms with van der Waals surface area (Å²) in [6.07, 6.45) is 3.38. The number of para-hydroxylation sites is 1. The van der Waals surface area contributed by atoms with Gasteiger partial charge in [0.05, 0.1) is 11.1 Å². The summed E-state index contributed by atoms with van der Waals surface area (Å²) < 4.78 is 0. The summed E-state index contributed by atoms with van der Waals surface area (Å²) in [7, 11) is 0. The highest BCUT2D eigenvalue weighted by Gasteiger charge is 2.11. The first-order valence-corrected chi connectivity index (χ1v) is 6.63. The molecule has 94 valence electrons. The second-order valence-corrected chi connectivity index (χ2v) is 5.34. The Bertz CT molecular complexity index is 746. The van der Waals surface area contributed by atoms with E-state index in [0.717, 1.165) is 15.8 Å². The van der Waals surface area contributed by atoms with Gasteiger partial charge >= 0.3 is 0 Å². The lowest BCUT2D eigenvalue weighted by Gasteiger charge is -2.05. The number of benzene rings is 1. The Kier molecular flexibility index (Phi) is 2.97. The van der Waals surface area contributed by atoms with E-state index >= 15 is 0 Å². The summed E-state index contributed by atoms with van der Waals surface area (Å²) in [5, 5.41) is 4.27. The van der Waals surface area contributed by atoms with Crippen molar-refractivity contribution in [3.63, 3.8) is 0 Å². The molecule has 0 aliphatic carbocycles. The molecule has 0 bridgehead atoms. The summed E-state index contributed by atoms with van der Waals surface area (Å²) >= 11 is 1.46. The van der Waals surface area contributed by atoms with Gasteiger partial charge in [0.25, 0.3) is 5.91 Å². The van der Waals surface area contributed by atoms with E-state index in [1.165, 1.54) is 11.3 Å². The van der Waals surface area contributed by atoms with Crippen LogP contribution in [0.4, 0.5) is 5.13 Å². The van der Waals surface area contributed by atoms with Gasteiger partial charge < -0.3 is 0 Å². The van der Waals surface area contributed by atoms with Crippen molar-refractivity contribution >= 4 is 33.3 Å². The quantitative estimate of drug-likeness (QED) is 0.777. The normalized spacial score (nSPS) is 10.6. The first-order chi connectivity index (χ1) is 9.24. The number of carbonyl (C=O) groups is 1. The van der Waals surface area contributed by atoms with Crippen LogP contribution in [0.15, 0.2) is 42.7 Å². The molecular weight excluding hydrogens is 258 g/mol. The van der Waals surface area contributed by atoms with Gasteiger partial charge in [0.2, 0.25) is 0 Å². The average molecular weight is 269 g/mol. The van der Waals surface area contributed by atoms with E-state index < -0.39 is 0 Å². The molecule has 1 amide bonds. The minimum Gasteiger partial charge on any atom is -0.298 e. The molecule has 4 nitrogen and oxygen atoms in total. The van der Waals surface area contributed by atoms with Crippen LogP contribution in [0, 0.1) is 6.92 Å². The lowest BCUT2D eigenvalue weighted by atomic mass is 10.1. The number of aryl methyl sites for hydroxylation is 1. The van der Waals surface area contributed by atoms with Gasteiger partial charge in [-0.15, -0.1) is 11.3 Å². The Morgan fingerprint density at radius 1 is 1.21 bits per heavy atom. The number of carbonyl (C=O) groups excluding carboxylic acids is 1. The Labute approximate surface area is 114 Å². The lowest BCUT2D eigenvalue weighted by Crippen LogP contribution is -2.12. The van der Waals surface area contributed by atoms with Crippen LogP contribution in [0.2, 0.25) is 0 Å². The summed E-state index contributed by atoms with van der Waals surface area (Å²) in [5.74, 6) is -0.159. The fourth-order valence-electron chi connectivity index (χ4n) is 1.87. The van der Waals surface area contributed by atoms with Crippen molar-refractivity contribution in [1.29, 1.82) is 0 Å². The predicted molar refractivity (Wildman–Crippen MR) is 76.5 cm³/mol. The van der Waals surface area contributed by atoms with Crippen LogP contribution < -0.4 is 5.32 Å². The molecule has 2 heterocycles. The van der Waals surface area contributed by atoms with Gasteiger partial charge in [-0.05, 0) is 19.1 Å². The molecule has 3 aromatic rings. The Morgan fingerprint density at radius 2 is 2.05 bits per heavy atom. The predicted octanol–water partition coefficient (Wildman–Crippen LogP) is 3.25. The number of hydrogen-bond donors (Lipinski definition) is 1. The number of hydrogen-bond acceptors (Lipinski definition) is 4. The molecule has 19 heavy (non-hydrogen) atoms. The first kappa shape index (κ1) is 11.8. The molecule has 0 radical (unpaired) electrons. The van der Waals surface area contributed by atoms with Crippen molar-refractivity contribution < 1.29 is 4.79 Å². The number of thiazole rings is 1. The van der Waals surface area contributed by atoms with Gasteiger partial charge in [0, 0.05) is 22.7 Å². The van der Waals surface area contributed by atoms with Gasteiger partial charge in [-0.1, -0.05) is 18.2 Å². The minimum atomic E-state index is -0.159. The van der Waals surface area contributed by atoms with Crippen molar-refractivity contribution in [2.75, 3.05) is 5.32 Å². The van der Waals surface area contributed by atoms with Gasteiger partial charge in [-0.25, -0.2) is 4.98 Å². The number of anilines is 1. The Morgan fingerprint density at radius 3 is 2.84 bits per heavy atom. The van der Waals surface area contributed by atoms with E-state index in [1.54, 1.807) is 18.5 Å². The standard InChI is InChI=1S/C14H11N3OS/c1-9-8-16-14(19-9)17-13(18)11-6-7-15-12-5-3-2-4-10(11)12/h2-8H,1H3,(H,16,17,18). The molecule has 0 aliphatic rings. The summed E-state index contributed by atoms with van der Waals surface area (Å²) in [5.41, 5.74) is 1.42. The minimum absolute atomic E-state index is 0.159. The molecule has 0 spiro atoms.